The van der Waals surface area contributed by atoms with Crippen molar-refractivity contribution in [3.63, 3.8) is 0 Å². The molecule has 0 aromatic heterocycles. The minimum atomic E-state index is -0.780. The van der Waals surface area contributed by atoms with Gasteiger partial charge in [-0.05, 0) is 24.1 Å². The Bertz CT molecular complexity index is 563. The van der Waals surface area contributed by atoms with Gasteiger partial charge in [0, 0.05) is 18.2 Å². The number of halogens is 1. The van der Waals surface area contributed by atoms with Crippen LogP contribution < -0.4 is 11.1 Å². The molecule has 0 aliphatic rings. The van der Waals surface area contributed by atoms with Crippen LogP contribution in [0.3, 0.4) is 0 Å². The van der Waals surface area contributed by atoms with Gasteiger partial charge in [-0.2, -0.15) is 0 Å². The number of hydrogen-bond acceptors (Lipinski definition) is 3. The average molecular weight is 321 g/mol. The van der Waals surface area contributed by atoms with E-state index in [1.54, 1.807) is 24.3 Å². The van der Waals surface area contributed by atoms with Crippen molar-refractivity contribution >= 4 is 18.3 Å². The maximum atomic E-state index is 11.9. The van der Waals surface area contributed by atoms with Crippen LogP contribution in [-0.4, -0.2) is 29.7 Å². The van der Waals surface area contributed by atoms with E-state index in [0.29, 0.717) is 12.0 Å². The summed E-state index contributed by atoms with van der Waals surface area (Å²) in [6, 6.07) is 18.2. The number of benzene rings is 2. The Balaban J connectivity index is 0.00000242. The van der Waals surface area contributed by atoms with Crippen molar-refractivity contribution in [1.29, 1.82) is 0 Å². The first-order valence-electron chi connectivity index (χ1n) is 6.97. The predicted molar refractivity (Wildman–Crippen MR) is 90.2 cm³/mol. The molecule has 0 unspecified atom stereocenters. The molecule has 2 rings (SSSR count). The van der Waals surface area contributed by atoms with Crippen LogP contribution in [0.15, 0.2) is 60.7 Å². The van der Waals surface area contributed by atoms with Gasteiger partial charge >= 0.3 is 0 Å². The van der Waals surface area contributed by atoms with Crippen molar-refractivity contribution in [2.45, 2.75) is 18.6 Å². The monoisotopic (exact) mass is 320 g/mol. The van der Waals surface area contributed by atoms with Gasteiger partial charge in [-0.3, -0.25) is 4.79 Å². The van der Waals surface area contributed by atoms with E-state index in [0.717, 1.165) is 5.56 Å². The Kier molecular flexibility index (Phi) is 7.60. The average Bonchev–Trinajstić information content (AvgIpc) is 2.54. The number of nitrogens with two attached hydrogens (primary N) is 1. The van der Waals surface area contributed by atoms with Crippen molar-refractivity contribution in [2.24, 2.45) is 5.73 Å². The fraction of sp³-hybridized carbons (Fsp3) is 0.235. The summed E-state index contributed by atoms with van der Waals surface area (Å²) in [7, 11) is 0. The molecule has 0 radical (unpaired) electrons. The van der Waals surface area contributed by atoms with Gasteiger partial charge in [0.25, 0.3) is 5.91 Å². The summed E-state index contributed by atoms with van der Waals surface area (Å²) in [6.45, 7) is 0.141. The number of rotatable bonds is 6. The van der Waals surface area contributed by atoms with Gasteiger partial charge in [0.15, 0.2) is 0 Å². The number of nitrogens with one attached hydrogen (secondary N) is 1. The minimum absolute atomic E-state index is 0. The number of aliphatic hydroxyl groups excluding tert-OH is 1. The lowest BCUT2D eigenvalue weighted by molar-refractivity contribution is 0.0896. The van der Waals surface area contributed by atoms with E-state index < -0.39 is 12.1 Å². The third-order valence-electron chi connectivity index (χ3n) is 3.32. The van der Waals surface area contributed by atoms with Gasteiger partial charge < -0.3 is 16.2 Å². The van der Waals surface area contributed by atoms with E-state index in [4.69, 9.17) is 5.73 Å². The highest BCUT2D eigenvalue weighted by Crippen LogP contribution is 2.04. The lowest BCUT2D eigenvalue weighted by Gasteiger charge is -2.19. The highest BCUT2D eigenvalue weighted by atomic mass is 35.5. The molecule has 4 nitrogen and oxygen atoms in total. The Labute approximate surface area is 136 Å². The Morgan fingerprint density at radius 3 is 2.18 bits per heavy atom. The first kappa shape index (κ1) is 18.2. The van der Waals surface area contributed by atoms with Crippen molar-refractivity contribution in [3.05, 3.63) is 71.8 Å². The maximum Gasteiger partial charge on any atom is 0.251 e. The lowest BCUT2D eigenvalue weighted by Crippen LogP contribution is -2.44. The molecule has 2 aromatic carbocycles. The summed E-state index contributed by atoms with van der Waals surface area (Å²) in [6.07, 6.45) is -0.207. The lowest BCUT2D eigenvalue weighted by atomic mass is 10.0. The number of hydrogen-bond donors (Lipinski definition) is 3. The molecule has 0 aliphatic carbocycles. The molecule has 0 aliphatic heterocycles. The van der Waals surface area contributed by atoms with Crippen molar-refractivity contribution in [1.82, 2.24) is 5.32 Å². The summed E-state index contributed by atoms with van der Waals surface area (Å²) in [4.78, 5) is 11.9. The number of carbonyl (C=O) groups is 1. The zero-order chi connectivity index (χ0) is 15.1. The molecule has 2 atom stereocenters. The van der Waals surface area contributed by atoms with Gasteiger partial charge in [0.1, 0.15) is 0 Å². The smallest absolute Gasteiger partial charge is 0.251 e. The van der Waals surface area contributed by atoms with E-state index in [2.05, 4.69) is 5.32 Å². The standard InChI is InChI=1S/C17H20N2O2.ClH/c18-15(11-13-7-3-1-4-8-13)16(20)12-19-17(21)14-9-5-2-6-10-14;/h1-10,15-16,20H,11-12,18H2,(H,19,21);1H/t15-,16+;/m1./s1. The van der Waals surface area contributed by atoms with Gasteiger partial charge in [-0.15, -0.1) is 12.4 Å². The quantitative estimate of drug-likeness (QED) is 0.759. The van der Waals surface area contributed by atoms with Crippen LogP contribution in [0.4, 0.5) is 0 Å². The molecule has 22 heavy (non-hydrogen) atoms. The number of carbonyl (C=O) groups excluding carboxylic acids is 1. The third-order valence-corrected chi connectivity index (χ3v) is 3.32. The molecule has 4 N–H and O–H groups in total. The molecule has 1 amide bonds. The van der Waals surface area contributed by atoms with Gasteiger partial charge in [0.05, 0.1) is 6.10 Å². The zero-order valence-corrected chi connectivity index (χ0v) is 13.0. The van der Waals surface area contributed by atoms with E-state index >= 15 is 0 Å². The number of aliphatic hydroxyl groups is 1. The SMILES string of the molecule is Cl.N[C@H](Cc1ccccc1)[C@@H](O)CNC(=O)c1ccccc1. The van der Waals surface area contributed by atoms with Crippen LogP contribution in [0, 0.1) is 0 Å². The van der Waals surface area contributed by atoms with E-state index in [1.165, 1.54) is 0 Å². The molecular formula is C17H21ClN2O2. The van der Waals surface area contributed by atoms with Crippen LogP contribution in [0.25, 0.3) is 0 Å². The fourth-order valence-corrected chi connectivity index (χ4v) is 2.06. The Hall–Kier alpha value is -1.88. The maximum absolute atomic E-state index is 11.9. The molecule has 118 valence electrons. The molecular weight excluding hydrogens is 300 g/mol. The highest BCUT2D eigenvalue weighted by Gasteiger charge is 2.16. The summed E-state index contributed by atoms with van der Waals surface area (Å²) >= 11 is 0. The Morgan fingerprint density at radius 2 is 1.59 bits per heavy atom. The molecule has 5 heteroatoms. The van der Waals surface area contributed by atoms with Gasteiger partial charge in [0.2, 0.25) is 0 Å². The van der Waals surface area contributed by atoms with Crippen LogP contribution in [0.2, 0.25) is 0 Å². The normalized spacial score (nSPS) is 12.8. The van der Waals surface area contributed by atoms with Crippen molar-refractivity contribution in [2.75, 3.05) is 6.54 Å². The van der Waals surface area contributed by atoms with Gasteiger partial charge in [-0.1, -0.05) is 48.5 Å². The molecule has 2 aromatic rings. The van der Waals surface area contributed by atoms with E-state index in [-0.39, 0.29) is 24.9 Å². The highest BCUT2D eigenvalue weighted by molar-refractivity contribution is 5.94. The van der Waals surface area contributed by atoms with E-state index in [9.17, 15) is 9.90 Å². The Morgan fingerprint density at radius 1 is 1.05 bits per heavy atom. The third kappa shape index (κ3) is 5.48. The minimum Gasteiger partial charge on any atom is -0.390 e. The van der Waals surface area contributed by atoms with Crippen LogP contribution in [-0.2, 0) is 6.42 Å². The molecule has 0 saturated heterocycles. The molecule has 0 heterocycles. The molecule has 0 saturated carbocycles. The number of amides is 1. The molecule has 0 fully saturated rings. The van der Waals surface area contributed by atoms with Crippen LogP contribution in [0.5, 0.6) is 0 Å². The topological polar surface area (TPSA) is 75.3 Å². The molecule has 0 bridgehead atoms. The van der Waals surface area contributed by atoms with Gasteiger partial charge in [-0.25, -0.2) is 0 Å². The summed E-state index contributed by atoms with van der Waals surface area (Å²) < 4.78 is 0. The predicted octanol–water partition coefficient (Wildman–Crippen LogP) is 1.77. The first-order valence-corrected chi connectivity index (χ1v) is 6.97. The summed E-state index contributed by atoms with van der Waals surface area (Å²) in [5.41, 5.74) is 7.61. The second-order valence-corrected chi connectivity index (χ2v) is 5.00. The second-order valence-electron chi connectivity index (χ2n) is 5.00. The first-order chi connectivity index (χ1) is 10.2. The fourth-order valence-electron chi connectivity index (χ4n) is 2.06. The largest absolute Gasteiger partial charge is 0.390 e. The summed E-state index contributed by atoms with van der Waals surface area (Å²) in [5.74, 6) is -0.207. The van der Waals surface area contributed by atoms with Crippen LogP contribution >= 0.6 is 12.4 Å². The van der Waals surface area contributed by atoms with Crippen LogP contribution in [0.1, 0.15) is 15.9 Å². The zero-order valence-electron chi connectivity index (χ0n) is 12.2. The summed E-state index contributed by atoms with van der Waals surface area (Å²) in [5, 5.41) is 12.7. The molecule has 0 spiro atoms. The van der Waals surface area contributed by atoms with E-state index in [1.807, 2.05) is 36.4 Å². The second kappa shape index (κ2) is 9.20. The van der Waals surface area contributed by atoms with Crippen molar-refractivity contribution < 1.29 is 9.90 Å². The van der Waals surface area contributed by atoms with Crippen molar-refractivity contribution in [3.8, 4) is 0 Å².